The van der Waals surface area contributed by atoms with E-state index in [0.717, 1.165) is 13.9 Å². The fraction of sp³-hybridized carbons (Fsp3) is 0.286. The standard InChI is InChI=1S/C14H7Cl6N3O3/c1-26-7-4-2-6(3-5-7)21-10(24)22-12(17)8(15)9(16)13(18,14(12,19)20)23(22)11(21)25/h2-5H,1H3. The zero-order valence-corrected chi connectivity index (χ0v) is 17.2. The molecule has 2 aliphatic rings. The quantitative estimate of drug-likeness (QED) is 0.622. The summed E-state index contributed by atoms with van der Waals surface area (Å²) in [5, 5.41) is -0.454. The predicted molar refractivity (Wildman–Crippen MR) is 102 cm³/mol. The van der Waals surface area contributed by atoms with Crippen molar-refractivity contribution in [3.8, 4) is 11.4 Å². The van der Waals surface area contributed by atoms with E-state index in [1.54, 1.807) is 12.1 Å². The highest BCUT2D eigenvalue weighted by atomic mass is 35.5. The van der Waals surface area contributed by atoms with Crippen molar-refractivity contribution in [3.05, 3.63) is 55.3 Å². The molecule has 2 atom stereocenters. The number of benzene rings is 1. The average molecular weight is 478 g/mol. The van der Waals surface area contributed by atoms with E-state index < -0.39 is 25.7 Å². The molecule has 0 N–H and O–H groups in total. The van der Waals surface area contributed by atoms with Gasteiger partial charge in [0.05, 0.1) is 22.9 Å². The largest absolute Gasteiger partial charge is 0.497 e. The number of aromatic nitrogens is 3. The fourth-order valence-corrected chi connectivity index (χ4v) is 5.68. The summed E-state index contributed by atoms with van der Waals surface area (Å²) < 4.78 is 5.49. The van der Waals surface area contributed by atoms with Gasteiger partial charge in [-0.1, -0.05) is 69.6 Å². The van der Waals surface area contributed by atoms with E-state index in [9.17, 15) is 9.59 Å². The Morgan fingerprint density at radius 3 is 1.65 bits per heavy atom. The normalized spacial score (nSPS) is 28.6. The number of halogens is 6. The Morgan fingerprint density at radius 2 is 1.27 bits per heavy atom. The molecule has 0 fully saturated rings. The second-order valence-electron chi connectivity index (χ2n) is 5.67. The van der Waals surface area contributed by atoms with Crippen LogP contribution in [0.15, 0.2) is 43.9 Å². The van der Waals surface area contributed by atoms with Gasteiger partial charge in [0.1, 0.15) is 5.75 Å². The highest BCUT2D eigenvalue weighted by Gasteiger charge is 2.80. The Balaban J connectivity index is 2.07. The molecule has 0 saturated heterocycles. The highest BCUT2D eigenvalue weighted by Crippen LogP contribution is 2.71. The molecular weight excluding hydrogens is 471 g/mol. The highest BCUT2D eigenvalue weighted by molar-refractivity contribution is 6.63. The van der Waals surface area contributed by atoms with Gasteiger partial charge in [-0.3, -0.25) is 0 Å². The molecule has 2 heterocycles. The number of hydrogen-bond acceptors (Lipinski definition) is 3. The second kappa shape index (κ2) is 5.40. The van der Waals surface area contributed by atoms with Crippen LogP contribution < -0.4 is 16.1 Å². The zero-order chi connectivity index (χ0) is 19.2. The third kappa shape index (κ3) is 1.74. The molecule has 0 spiro atoms. The molecule has 6 nitrogen and oxygen atoms in total. The Bertz CT molecular complexity index is 1040. The van der Waals surface area contributed by atoms with Gasteiger partial charge in [-0.05, 0) is 24.3 Å². The molecule has 138 valence electrons. The lowest BCUT2D eigenvalue weighted by Crippen LogP contribution is -2.47. The third-order valence-corrected chi connectivity index (χ3v) is 8.43. The Labute approximate surface area is 175 Å². The summed E-state index contributed by atoms with van der Waals surface area (Å²) in [6.45, 7) is 0. The first-order valence-corrected chi connectivity index (χ1v) is 9.26. The Morgan fingerprint density at radius 1 is 0.846 bits per heavy atom. The van der Waals surface area contributed by atoms with Crippen LogP contribution in [-0.4, -0.2) is 25.4 Å². The number of alkyl halides is 4. The molecule has 4 rings (SSSR count). The van der Waals surface area contributed by atoms with Crippen molar-refractivity contribution in [2.45, 2.75) is 14.3 Å². The topological polar surface area (TPSA) is 58.2 Å². The van der Waals surface area contributed by atoms with E-state index in [2.05, 4.69) is 0 Å². The van der Waals surface area contributed by atoms with Gasteiger partial charge < -0.3 is 4.74 Å². The number of methoxy groups -OCH3 is 1. The van der Waals surface area contributed by atoms with Crippen molar-refractivity contribution in [2.24, 2.45) is 0 Å². The summed E-state index contributed by atoms with van der Waals surface area (Å²) in [7, 11) is 1.49. The second-order valence-corrected chi connectivity index (χ2v) is 8.85. The van der Waals surface area contributed by atoms with Gasteiger partial charge in [-0.15, -0.1) is 0 Å². The molecule has 26 heavy (non-hydrogen) atoms. The molecule has 1 aliphatic heterocycles. The van der Waals surface area contributed by atoms with Crippen LogP contribution in [0, 0.1) is 0 Å². The van der Waals surface area contributed by atoms with Gasteiger partial charge >= 0.3 is 11.4 Å². The van der Waals surface area contributed by atoms with Crippen LogP contribution in [0.5, 0.6) is 5.75 Å². The molecule has 0 amide bonds. The predicted octanol–water partition coefficient (Wildman–Crippen LogP) is 3.48. The fourth-order valence-electron chi connectivity index (χ4n) is 3.17. The Hall–Kier alpha value is -0.760. The molecule has 1 aromatic heterocycles. The smallest absolute Gasteiger partial charge is 0.354 e. The molecule has 0 radical (unpaired) electrons. The molecule has 1 aliphatic carbocycles. The molecule has 12 heteroatoms. The van der Waals surface area contributed by atoms with Crippen molar-refractivity contribution in [1.29, 1.82) is 0 Å². The zero-order valence-electron chi connectivity index (χ0n) is 12.6. The maximum atomic E-state index is 13.0. The third-order valence-electron chi connectivity index (χ3n) is 4.47. The number of rotatable bonds is 2. The first-order valence-electron chi connectivity index (χ1n) is 6.99. The molecule has 0 saturated carbocycles. The van der Waals surface area contributed by atoms with Gasteiger partial charge in [-0.25, -0.2) is 14.2 Å². The van der Waals surface area contributed by atoms with E-state index in [1.165, 1.54) is 19.2 Å². The maximum Gasteiger partial charge on any atom is 0.354 e. The van der Waals surface area contributed by atoms with Crippen LogP contribution in [0.1, 0.15) is 0 Å². The minimum Gasteiger partial charge on any atom is -0.497 e. The number of nitrogens with zero attached hydrogens (tertiary/aromatic N) is 3. The lowest BCUT2D eigenvalue weighted by molar-refractivity contribution is 0.414. The van der Waals surface area contributed by atoms with Crippen LogP contribution in [0.3, 0.4) is 0 Å². The average Bonchev–Trinajstić information content (AvgIpc) is 3.00. The first-order chi connectivity index (χ1) is 12.0. The molecule has 2 unspecified atom stereocenters. The summed E-state index contributed by atoms with van der Waals surface area (Å²) in [6, 6.07) is 6.21. The Kier molecular flexibility index (Phi) is 3.86. The molecule has 1 aromatic carbocycles. The molecule has 2 bridgehead atoms. The maximum absolute atomic E-state index is 13.0. The van der Waals surface area contributed by atoms with Crippen molar-refractivity contribution in [3.63, 3.8) is 0 Å². The monoisotopic (exact) mass is 475 g/mol. The van der Waals surface area contributed by atoms with E-state index >= 15 is 0 Å². The lowest BCUT2D eigenvalue weighted by atomic mass is 10.2. The van der Waals surface area contributed by atoms with E-state index in [-0.39, 0.29) is 15.8 Å². The van der Waals surface area contributed by atoms with E-state index in [1.807, 2.05) is 0 Å². The first kappa shape index (κ1) is 18.6. The summed E-state index contributed by atoms with van der Waals surface area (Å²) in [5.74, 6) is 0.546. The van der Waals surface area contributed by atoms with Crippen molar-refractivity contribution in [2.75, 3.05) is 7.11 Å². The number of allylic oxidation sites excluding steroid dienone is 2. The summed E-state index contributed by atoms with van der Waals surface area (Å²) >= 11 is 38.1. The van der Waals surface area contributed by atoms with Crippen molar-refractivity contribution < 1.29 is 4.74 Å². The number of hydrogen-bond donors (Lipinski definition) is 0. The van der Waals surface area contributed by atoms with Gasteiger partial charge in [0, 0.05) is 0 Å². The van der Waals surface area contributed by atoms with Crippen molar-refractivity contribution >= 4 is 69.6 Å². The lowest BCUT2D eigenvalue weighted by Gasteiger charge is -2.29. The minimum absolute atomic E-state index is 0.227. The van der Waals surface area contributed by atoms with Crippen LogP contribution in [-0.2, 0) is 10.00 Å². The van der Waals surface area contributed by atoms with Crippen molar-refractivity contribution in [1.82, 2.24) is 13.9 Å². The van der Waals surface area contributed by atoms with Gasteiger partial charge in [-0.2, -0.15) is 9.36 Å². The van der Waals surface area contributed by atoms with E-state index in [0.29, 0.717) is 5.75 Å². The van der Waals surface area contributed by atoms with Gasteiger partial charge in [0.25, 0.3) is 0 Å². The van der Waals surface area contributed by atoms with E-state index in [4.69, 9.17) is 74.3 Å². The van der Waals surface area contributed by atoms with Crippen LogP contribution in [0.2, 0.25) is 0 Å². The summed E-state index contributed by atoms with van der Waals surface area (Å²) in [6.07, 6.45) is 0. The number of ether oxygens (including phenoxy) is 1. The summed E-state index contributed by atoms with van der Waals surface area (Å²) in [4.78, 5) is 21.9. The van der Waals surface area contributed by atoms with Gasteiger partial charge in [0.2, 0.25) is 14.3 Å². The molecule has 2 aromatic rings. The SMILES string of the molecule is COc1ccc(-n2c(=O)n3n(c2=O)C2(Cl)C(Cl)=C(Cl)C3(Cl)C2(Cl)Cl)cc1. The van der Waals surface area contributed by atoms with Crippen LogP contribution in [0.4, 0.5) is 0 Å². The van der Waals surface area contributed by atoms with Crippen LogP contribution in [0.25, 0.3) is 5.69 Å². The van der Waals surface area contributed by atoms with Gasteiger partial charge in [0.15, 0.2) is 0 Å². The number of fused-ring (bicyclic) bond motifs is 5. The van der Waals surface area contributed by atoms with Crippen LogP contribution >= 0.6 is 69.6 Å². The molecular formula is C14H7Cl6N3O3. The minimum atomic E-state index is -2.07. The summed E-state index contributed by atoms with van der Waals surface area (Å²) in [5.41, 5.74) is -1.39.